The van der Waals surface area contributed by atoms with E-state index in [1.807, 2.05) is 0 Å². The fraction of sp³-hybridized carbons (Fsp3) is 0.667. The second-order valence-electron chi connectivity index (χ2n) is 4.84. The van der Waals surface area contributed by atoms with Crippen molar-refractivity contribution in [2.24, 2.45) is 5.73 Å². The van der Waals surface area contributed by atoms with Gasteiger partial charge in [0.2, 0.25) is 10.0 Å². The molecule has 1 aromatic rings. The van der Waals surface area contributed by atoms with Crippen molar-refractivity contribution >= 4 is 33.1 Å². The van der Waals surface area contributed by atoms with Gasteiger partial charge in [-0.25, -0.2) is 13.1 Å². The minimum Gasteiger partial charge on any atom is -0.326 e. The Bertz CT molecular complexity index is 519. The van der Waals surface area contributed by atoms with Crippen LogP contribution in [-0.2, 0) is 16.6 Å². The van der Waals surface area contributed by atoms with E-state index in [9.17, 15) is 8.42 Å². The average molecular weight is 321 g/mol. The number of hydrogen-bond acceptors (Lipinski definition) is 5. The maximum absolute atomic E-state index is 12.2. The minimum absolute atomic E-state index is 0.0844. The van der Waals surface area contributed by atoms with Crippen molar-refractivity contribution in [1.29, 1.82) is 0 Å². The lowest BCUT2D eigenvalue weighted by atomic mass is 10.1. The van der Waals surface area contributed by atoms with E-state index in [-0.39, 0.29) is 4.75 Å². The molecule has 1 heterocycles. The van der Waals surface area contributed by atoms with Crippen molar-refractivity contribution in [1.82, 2.24) is 4.72 Å². The molecule has 0 unspecified atom stereocenters. The first-order valence-electron chi connectivity index (χ1n) is 6.35. The SMILES string of the molecule is CSC1(CNS(=O)(=O)c2ccc(CN)s2)CCCC1. The summed E-state index contributed by atoms with van der Waals surface area (Å²) in [6, 6.07) is 3.41. The van der Waals surface area contributed by atoms with Crippen LogP contribution in [-0.4, -0.2) is 26.0 Å². The molecule has 0 saturated heterocycles. The van der Waals surface area contributed by atoms with E-state index in [1.54, 1.807) is 23.9 Å². The van der Waals surface area contributed by atoms with Crippen LogP contribution >= 0.6 is 23.1 Å². The van der Waals surface area contributed by atoms with Crippen LogP contribution in [0, 0.1) is 0 Å². The fourth-order valence-corrected chi connectivity index (χ4v) is 5.79. The van der Waals surface area contributed by atoms with Crippen molar-refractivity contribution in [2.45, 2.75) is 41.2 Å². The van der Waals surface area contributed by atoms with Gasteiger partial charge < -0.3 is 5.73 Å². The molecule has 1 aromatic heterocycles. The van der Waals surface area contributed by atoms with Crippen LogP contribution in [0.25, 0.3) is 0 Å². The number of nitrogens with one attached hydrogen (secondary N) is 1. The molecular formula is C12H20N2O2S3. The van der Waals surface area contributed by atoms with Crippen LogP contribution in [0.15, 0.2) is 16.3 Å². The zero-order chi connectivity index (χ0) is 13.9. The van der Waals surface area contributed by atoms with Crippen molar-refractivity contribution in [3.8, 4) is 0 Å². The number of sulfonamides is 1. The highest BCUT2D eigenvalue weighted by Crippen LogP contribution is 2.39. The molecule has 0 atom stereocenters. The Balaban J connectivity index is 2.05. The van der Waals surface area contributed by atoms with Crippen molar-refractivity contribution < 1.29 is 8.42 Å². The molecule has 4 nitrogen and oxygen atoms in total. The van der Waals surface area contributed by atoms with Gasteiger partial charge in [0.15, 0.2) is 0 Å². The van der Waals surface area contributed by atoms with E-state index in [0.717, 1.165) is 17.7 Å². The highest BCUT2D eigenvalue weighted by Gasteiger charge is 2.34. The molecule has 1 aliphatic rings. The van der Waals surface area contributed by atoms with Gasteiger partial charge in [-0.1, -0.05) is 12.8 Å². The van der Waals surface area contributed by atoms with Crippen molar-refractivity contribution in [2.75, 3.05) is 12.8 Å². The summed E-state index contributed by atoms with van der Waals surface area (Å²) in [5, 5.41) is 0. The lowest BCUT2D eigenvalue weighted by molar-refractivity contribution is 0.552. The van der Waals surface area contributed by atoms with Gasteiger partial charge in [-0.05, 0) is 31.2 Å². The molecule has 2 rings (SSSR count). The molecule has 0 spiro atoms. The molecule has 0 amide bonds. The molecule has 0 radical (unpaired) electrons. The smallest absolute Gasteiger partial charge is 0.250 e. The summed E-state index contributed by atoms with van der Waals surface area (Å²) >= 11 is 3.03. The average Bonchev–Trinajstić information content (AvgIpc) is 3.06. The van der Waals surface area contributed by atoms with Gasteiger partial charge in [-0.3, -0.25) is 0 Å². The maximum atomic E-state index is 12.2. The summed E-state index contributed by atoms with van der Waals surface area (Å²) in [5.41, 5.74) is 5.51. The second kappa shape index (κ2) is 6.13. The largest absolute Gasteiger partial charge is 0.326 e. The molecule has 0 aliphatic heterocycles. The summed E-state index contributed by atoms with van der Waals surface area (Å²) in [6.07, 6.45) is 6.64. The summed E-state index contributed by atoms with van der Waals surface area (Å²) in [6.45, 7) is 0.904. The third-order valence-electron chi connectivity index (χ3n) is 3.64. The molecule has 108 valence electrons. The van der Waals surface area contributed by atoms with Gasteiger partial charge in [-0.2, -0.15) is 11.8 Å². The Morgan fingerprint density at radius 1 is 1.42 bits per heavy atom. The molecule has 1 aliphatic carbocycles. The Labute approximate surface area is 123 Å². The highest BCUT2D eigenvalue weighted by molar-refractivity contribution is 8.00. The van der Waals surface area contributed by atoms with Crippen LogP contribution in [0.4, 0.5) is 0 Å². The molecule has 0 aromatic carbocycles. The molecular weight excluding hydrogens is 300 g/mol. The Kier molecular flexibility index (Phi) is 4.94. The molecule has 19 heavy (non-hydrogen) atoms. The Morgan fingerprint density at radius 3 is 2.63 bits per heavy atom. The summed E-state index contributed by atoms with van der Waals surface area (Å²) in [7, 11) is -3.39. The predicted molar refractivity (Wildman–Crippen MR) is 82.1 cm³/mol. The summed E-state index contributed by atoms with van der Waals surface area (Å²) in [5.74, 6) is 0. The third kappa shape index (κ3) is 3.52. The monoisotopic (exact) mass is 320 g/mol. The Morgan fingerprint density at radius 2 is 2.11 bits per heavy atom. The van der Waals surface area contributed by atoms with Crippen LogP contribution in [0.2, 0.25) is 0 Å². The van der Waals surface area contributed by atoms with Gasteiger partial charge in [0.05, 0.1) is 0 Å². The van der Waals surface area contributed by atoms with E-state index in [4.69, 9.17) is 5.73 Å². The van der Waals surface area contributed by atoms with E-state index >= 15 is 0 Å². The van der Waals surface area contributed by atoms with Crippen LogP contribution in [0.1, 0.15) is 30.6 Å². The number of hydrogen-bond donors (Lipinski definition) is 2. The first kappa shape index (κ1) is 15.3. The number of thiophene rings is 1. The zero-order valence-electron chi connectivity index (χ0n) is 11.0. The van der Waals surface area contributed by atoms with Crippen molar-refractivity contribution in [3.63, 3.8) is 0 Å². The van der Waals surface area contributed by atoms with E-state index < -0.39 is 10.0 Å². The fourth-order valence-electron chi connectivity index (χ4n) is 2.38. The standard InChI is InChI=1S/C12H20N2O2S3/c1-17-12(6-2-3-7-12)9-14-19(15,16)11-5-4-10(8-13)18-11/h4-5,14H,2-3,6-9,13H2,1H3. The first-order valence-corrected chi connectivity index (χ1v) is 9.87. The molecule has 7 heteroatoms. The number of nitrogens with two attached hydrogens (primary N) is 1. The number of rotatable bonds is 6. The predicted octanol–water partition coefficient (Wildman–Crippen LogP) is 2.16. The lowest BCUT2D eigenvalue weighted by Gasteiger charge is -2.26. The van der Waals surface area contributed by atoms with Gasteiger partial charge in [-0.15, -0.1) is 11.3 Å². The zero-order valence-corrected chi connectivity index (χ0v) is 13.5. The van der Waals surface area contributed by atoms with Gasteiger partial charge in [0.1, 0.15) is 4.21 Å². The molecule has 1 fully saturated rings. The maximum Gasteiger partial charge on any atom is 0.250 e. The first-order chi connectivity index (χ1) is 9.01. The number of thioether (sulfide) groups is 1. The molecule has 1 saturated carbocycles. The highest BCUT2D eigenvalue weighted by atomic mass is 32.2. The normalized spacial score (nSPS) is 18.8. The third-order valence-corrected chi connectivity index (χ3v) is 8.05. The Hall–Kier alpha value is -0.0800. The van der Waals surface area contributed by atoms with E-state index in [1.165, 1.54) is 24.2 Å². The van der Waals surface area contributed by atoms with Crippen molar-refractivity contribution in [3.05, 3.63) is 17.0 Å². The van der Waals surface area contributed by atoms with E-state index in [2.05, 4.69) is 11.0 Å². The van der Waals surface area contributed by atoms with Crippen LogP contribution < -0.4 is 10.5 Å². The van der Waals surface area contributed by atoms with Gasteiger partial charge >= 0.3 is 0 Å². The quantitative estimate of drug-likeness (QED) is 0.842. The van der Waals surface area contributed by atoms with Gasteiger partial charge in [0.25, 0.3) is 0 Å². The minimum atomic E-state index is -3.39. The summed E-state index contributed by atoms with van der Waals surface area (Å²) < 4.78 is 27.7. The summed E-state index contributed by atoms with van der Waals surface area (Å²) in [4.78, 5) is 0.890. The van der Waals surface area contributed by atoms with Crippen LogP contribution in [0.3, 0.4) is 0 Å². The molecule has 3 N–H and O–H groups in total. The van der Waals surface area contributed by atoms with Gasteiger partial charge in [0, 0.05) is 22.7 Å². The van der Waals surface area contributed by atoms with Crippen LogP contribution in [0.5, 0.6) is 0 Å². The molecule has 0 bridgehead atoms. The lowest BCUT2D eigenvalue weighted by Crippen LogP contribution is -2.38. The second-order valence-corrected chi connectivity index (χ2v) is 9.28. The topological polar surface area (TPSA) is 72.2 Å². The van der Waals surface area contributed by atoms with E-state index in [0.29, 0.717) is 17.3 Å².